The van der Waals surface area contributed by atoms with Crippen molar-refractivity contribution in [1.82, 2.24) is 0 Å². The van der Waals surface area contributed by atoms with Crippen LogP contribution >= 0.6 is 0 Å². The van der Waals surface area contributed by atoms with E-state index in [2.05, 4.69) is 11.4 Å². The summed E-state index contributed by atoms with van der Waals surface area (Å²) in [6, 6.07) is 7.43. The number of sulfone groups is 1. The molecule has 1 aliphatic rings. The van der Waals surface area contributed by atoms with E-state index in [0.717, 1.165) is 11.3 Å². The van der Waals surface area contributed by atoms with Crippen LogP contribution in [0.3, 0.4) is 0 Å². The molecule has 90 valence electrons. The molecule has 0 saturated carbocycles. The highest BCUT2D eigenvalue weighted by Gasteiger charge is 2.27. The highest BCUT2D eigenvalue weighted by atomic mass is 32.2. The van der Waals surface area contributed by atoms with E-state index in [1.165, 1.54) is 0 Å². The Hall–Kier alpha value is -1.54. The number of nitrogens with one attached hydrogen (secondary N) is 1. The molecule has 0 aliphatic carbocycles. The third-order valence-corrected chi connectivity index (χ3v) is 4.73. The van der Waals surface area contributed by atoms with Gasteiger partial charge in [0.05, 0.1) is 23.1 Å². The lowest BCUT2D eigenvalue weighted by atomic mass is 10.1. The number of anilines is 1. The number of benzene rings is 1. The number of nitrogens with zero attached hydrogens (tertiary/aromatic N) is 1. The first-order valence-electron chi connectivity index (χ1n) is 5.48. The maximum absolute atomic E-state index is 11.3. The number of hydrogen-bond donors (Lipinski definition) is 1. The Balaban J connectivity index is 2.17. The van der Waals surface area contributed by atoms with E-state index in [-0.39, 0.29) is 17.5 Å². The molecule has 1 atom stereocenters. The third-order valence-electron chi connectivity index (χ3n) is 2.96. The summed E-state index contributed by atoms with van der Waals surface area (Å²) >= 11 is 0. The van der Waals surface area contributed by atoms with Crippen LogP contribution in [0.2, 0.25) is 0 Å². The number of aryl methyl sites for hydroxylation is 1. The van der Waals surface area contributed by atoms with Gasteiger partial charge in [0, 0.05) is 11.7 Å². The van der Waals surface area contributed by atoms with Crippen molar-refractivity contribution in [3.8, 4) is 6.07 Å². The largest absolute Gasteiger partial charge is 0.381 e. The van der Waals surface area contributed by atoms with Crippen molar-refractivity contribution >= 4 is 15.5 Å². The van der Waals surface area contributed by atoms with Gasteiger partial charge in [0.15, 0.2) is 9.84 Å². The summed E-state index contributed by atoms with van der Waals surface area (Å²) in [7, 11) is -2.87. The van der Waals surface area contributed by atoms with Crippen molar-refractivity contribution in [2.45, 2.75) is 19.4 Å². The molecule has 1 fully saturated rings. The van der Waals surface area contributed by atoms with Crippen LogP contribution in [-0.4, -0.2) is 26.0 Å². The van der Waals surface area contributed by atoms with Gasteiger partial charge in [-0.2, -0.15) is 5.26 Å². The molecule has 2 rings (SSSR count). The van der Waals surface area contributed by atoms with Gasteiger partial charge in [-0.05, 0) is 31.0 Å². The Morgan fingerprint density at radius 1 is 1.47 bits per heavy atom. The predicted molar refractivity (Wildman–Crippen MR) is 66.6 cm³/mol. The van der Waals surface area contributed by atoms with Crippen molar-refractivity contribution in [2.24, 2.45) is 0 Å². The molecule has 1 N–H and O–H groups in total. The smallest absolute Gasteiger partial charge is 0.152 e. The summed E-state index contributed by atoms with van der Waals surface area (Å²) < 4.78 is 22.7. The third kappa shape index (κ3) is 2.77. The average Bonchev–Trinajstić information content (AvgIpc) is 2.61. The molecule has 0 spiro atoms. The fourth-order valence-electron chi connectivity index (χ4n) is 1.98. The van der Waals surface area contributed by atoms with Gasteiger partial charge in [0.25, 0.3) is 0 Å². The van der Waals surface area contributed by atoms with Crippen LogP contribution in [0.15, 0.2) is 18.2 Å². The van der Waals surface area contributed by atoms with Gasteiger partial charge in [-0.25, -0.2) is 8.42 Å². The second-order valence-corrected chi connectivity index (χ2v) is 6.61. The Labute approximate surface area is 101 Å². The van der Waals surface area contributed by atoms with Crippen LogP contribution < -0.4 is 5.32 Å². The van der Waals surface area contributed by atoms with Gasteiger partial charge in [-0.3, -0.25) is 0 Å². The first-order valence-corrected chi connectivity index (χ1v) is 7.30. The van der Waals surface area contributed by atoms with Crippen molar-refractivity contribution in [2.75, 3.05) is 16.8 Å². The zero-order valence-electron chi connectivity index (χ0n) is 9.60. The van der Waals surface area contributed by atoms with Crippen LogP contribution in [0.25, 0.3) is 0 Å². The first kappa shape index (κ1) is 11.9. The van der Waals surface area contributed by atoms with Gasteiger partial charge in [-0.1, -0.05) is 6.07 Å². The molecule has 0 amide bonds. The summed E-state index contributed by atoms with van der Waals surface area (Å²) in [6.45, 7) is 1.94. The van der Waals surface area contributed by atoms with Crippen molar-refractivity contribution in [1.29, 1.82) is 5.26 Å². The Bertz CT molecular complexity index is 573. The standard InChI is InChI=1S/C12H14N2O2S/c1-9-2-3-10(7-13)6-12(9)14-11-4-5-17(15,16)8-11/h2-3,6,11,14H,4-5,8H2,1H3. The molecule has 1 aromatic rings. The quantitative estimate of drug-likeness (QED) is 0.862. The lowest BCUT2D eigenvalue weighted by Crippen LogP contribution is -2.21. The summed E-state index contributed by atoms with van der Waals surface area (Å²) in [5.74, 6) is 0.435. The molecular formula is C12H14N2O2S. The summed E-state index contributed by atoms with van der Waals surface area (Å²) in [6.07, 6.45) is 0.637. The minimum Gasteiger partial charge on any atom is -0.381 e. The molecule has 5 heteroatoms. The maximum Gasteiger partial charge on any atom is 0.152 e. The number of hydrogen-bond acceptors (Lipinski definition) is 4. The molecule has 1 heterocycles. The van der Waals surface area contributed by atoms with E-state index in [1.807, 2.05) is 13.0 Å². The van der Waals surface area contributed by atoms with Crippen LogP contribution in [0.5, 0.6) is 0 Å². The fourth-order valence-corrected chi connectivity index (χ4v) is 3.65. The van der Waals surface area contributed by atoms with Crippen molar-refractivity contribution < 1.29 is 8.42 Å². The second kappa shape index (κ2) is 4.38. The minimum atomic E-state index is -2.87. The van der Waals surface area contributed by atoms with E-state index in [1.54, 1.807) is 12.1 Å². The summed E-state index contributed by atoms with van der Waals surface area (Å²) in [5.41, 5.74) is 2.46. The summed E-state index contributed by atoms with van der Waals surface area (Å²) in [5, 5.41) is 12.0. The SMILES string of the molecule is Cc1ccc(C#N)cc1NC1CCS(=O)(=O)C1. The molecule has 17 heavy (non-hydrogen) atoms. The van der Waals surface area contributed by atoms with Crippen molar-refractivity contribution in [3.05, 3.63) is 29.3 Å². The van der Waals surface area contributed by atoms with E-state index >= 15 is 0 Å². The summed E-state index contributed by atoms with van der Waals surface area (Å²) in [4.78, 5) is 0. The topological polar surface area (TPSA) is 70.0 Å². The van der Waals surface area contributed by atoms with Crippen LogP contribution in [0.1, 0.15) is 17.5 Å². The Morgan fingerprint density at radius 3 is 2.82 bits per heavy atom. The number of rotatable bonds is 2. The lowest BCUT2D eigenvalue weighted by molar-refractivity contribution is 0.602. The van der Waals surface area contributed by atoms with Crippen LogP contribution in [0.4, 0.5) is 5.69 Å². The lowest BCUT2D eigenvalue weighted by Gasteiger charge is -2.14. The molecule has 1 unspecified atom stereocenters. The monoisotopic (exact) mass is 250 g/mol. The second-order valence-electron chi connectivity index (χ2n) is 4.39. The molecule has 0 radical (unpaired) electrons. The molecule has 1 aromatic carbocycles. The minimum absolute atomic E-state index is 0.0346. The molecule has 0 aromatic heterocycles. The number of nitriles is 1. The normalized spacial score (nSPS) is 22.0. The van der Waals surface area contributed by atoms with Crippen LogP contribution in [0, 0.1) is 18.3 Å². The molecular weight excluding hydrogens is 236 g/mol. The van der Waals surface area contributed by atoms with Crippen molar-refractivity contribution in [3.63, 3.8) is 0 Å². The Kier molecular flexibility index (Phi) is 3.07. The van der Waals surface area contributed by atoms with Gasteiger partial charge in [0.2, 0.25) is 0 Å². The van der Waals surface area contributed by atoms with E-state index in [9.17, 15) is 8.42 Å². The fraction of sp³-hybridized carbons (Fsp3) is 0.417. The van der Waals surface area contributed by atoms with Crippen LogP contribution in [-0.2, 0) is 9.84 Å². The zero-order chi connectivity index (χ0) is 12.5. The molecule has 1 aliphatic heterocycles. The highest BCUT2D eigenvalue weighted by molar-refractivity contribution is 7.91. The van der Waals surface area contributed by atoms with Gasteiger partial charge in [-0.15, -0.1) is 0 Å². The zero-order valence-corrected chi connectivity index (χ0v) is 10.4. The predicted octanol–water partition coefficient (Wildman–Crippen LogP) is 1.47. The van der Waals surface area contributed by atoms with Gasteiger partial charge in [0.1, 0.15) is 0 Å². The maximum atomic E-state index is 11.3. The highest BCUT2D eigenvalue weighted by Crippen LogP contribution is 2.21. The first-order chi connectivity index (χ1) is 8.00. The van der Waals surface area contributed by atoms with E-state index in [0.29, 0.717) is 12.0 Å². The molecule has 4 nitrogen and oxygen atoms in total. The average molecular weight is 250 g/mol. The van der Waals surface area contributed by atoms with Gasteiger partial charge >= 0.3 is 0 Å². The van der Waals surface area contributed by atoms with Gasteiger partial charge < -0.3 is 5.32 Å². The molecule has 1 saturated heterocycles. The van der Waals surface area contributed by atoms with E-state index in [4.69, 9.17) is 5.26 Å². The molecule has 0 bridgehead atoms. The van der Waals surface area contributed by atoms with E-state index < -0.39 is 9.84 Å². The Morgan fingerprint density at radius 2 is 2.24 bits per heavy atom.